The first-order chi connectivity index (χ1) is 9.59. The first-order valence-corrected chi connectivity index (χ1v) is 6.31. The van der Waals surface area contributed by atoms with Crippen LogP contribution < -0.4 is 5.73 Å². The van der Waals surface area contributed by atoms with Gasteiger partial charge < -0.3 is 5.73 Å². The van der Waals surface area contributed by atoms with Crippen LogP contribution >= 0.6 is 0 Å². The van der Waals surface area contributed by atoms with E-state index in [1.807, 2.05) is 18.2 Å². The third-order valence-electron chi connectivity index (χ3n) is 3.40. The van der Waals surface area contributed by atoms with Gasteiger partial charge in [0.15, 0.2) is 0 Å². The fraction of sp³-hybridized carbons (Fsp3) is 0.0588. The number of nitrogen functional groups attached to an aromatic ring is 1. The normalized spacial score (nSPS) is 11.7. The Morgan fingerprint density at radius 3 is 2.15 bits per heavy atom. The smallest absolute Gasteiger partial charge is 0.299 e. The average molecular weight is 269 g/mol. The van der Waals surface area contributed by atoms with E-state index in [-0.39, 0.29) is 11.1 Å². The molecule has 0 aliphatic heterocycles. The molecular weight excluding hydrogens is 256 g/mol. The van der Waals surface area contributed by atoms with Gasteiger partial charge in [0.2, 0.25) is 0 Å². The molecule has 3 aromatic rings. The molecular formula is C17H13F2N. The molecule has 3 heteroatoms. The first kappa shape index (κ1) is 12.6. The number of anilines is 1. The van der Waals surface area contributed by atoms with Crippen LogP contribution in [0.15, 0.2) is 66.7 Å². The Kier molecular flexibility index (Phi) is 2.90. The molecule has 20 heavy (non-hydrogen) atoms. The van der Waals surface area contributed by atoms with Gasteiger partial charge in [0.1, 0.15) is 0 Å². The van der Waals surface area contributed by atoms with Crippen molar-refractivity contribution in [2.24, 2.45) is 0 Å². The number of nitrogens with two attached hydrogens (primary N) is 1. The maximum absolute atomic E-state index is 14.7. The molecule has 0 heterocycles. The standard InChI is InChI=1S/C17H13F2N/c18-17(19,13-8-10-14(20)11-9-13)16-7-3-5-12-4-1-2-6-15(12)16/h1-11H,20H2. The lowest BCUT2D eigenvalue weighted by molar-refractivity contribution is 0.0445. The summed E-state index contributed by atoms with van der Waals surface area (Å²) in [6.07, 6.45) is 0. The van der Waals surface area contributed by atoms with Crippen LogP contribution in [-0.2, 0) is 5.92 Å². The molecule has 0 aromatic heterocycles. The van der Waals surface area contributed by atoms with Crippen LogP contribution in [0.25, 0.3) is 10.8 Å². The van der Waals surface area contributed by atoms with Crippen LogP contribution in [0.1, 0.15) is 11.1 Å². The average Bonchev–Trinajstić information content (AvgIpc) is 2.47. The summed E-state index contributed by atoms with van der Waals surface area (Å²) in [7, 11) is 0. The van der Waals surface area contributed by atoms with Crippen LogP contribution in [-0.4, -0.2) is 0 Å². The molecule has 0 amide bonds. The highest BCUT2D eigenvalue weighted by Crippen LogP contribution is 2.39. The topological polar surface area (TPSA) is 26.0 Å². The van der Waals surface area contributed by atoms with Crippen molar-refractivity contribution in [2.45, 2.75) is 5.92 Å². The summed E-state index contributed by atoms with van der Waals surface area (Å²) in [5, 5.41) is 1.37. The minimum atomic E-state index is -3.05. The van der Waals surface area contributed by atoms with Crippen molar-refractivity contribution >= 4 is 16.5 Å². The van der Waals surface area contributed by atoms with Crippen molar-refractivity contribution in [3.05, 3.63) is 77.9 Å². The highest BCUT2D eigenvalue weighted by molar-refractivity contribution is 5.86. The Bertz CT molecular complexity index is 743. The fourth-order valence-electron chi connectivity index (χ4n) is 2.35. The summed E-state index contributed by atoms with van der Waals surface area (Å²) in [6, 6.07) is 17.8. The molecule has 0 aliphatic rings. The van der Waals surface area contributed by atoms with E-state index in [2.05, 4.69) is 0 Å². The van der Waals surface area contributed by atoms with Crippen molar-refractivity contribution in [1.82, 2.24) is 0 Å². The molecule has 0 unspecified atom stereocenters. The quantitative estimate of drug-likeness (QED) is 0.678. The van der Waals surface area contributed by atoms with Crippen molar-refractivity contribution in [3.8, 4) is 0 Å². The zero-order chi connectivity index (χ0) is 14.2. The Morgan fingerprint density at radius 2 is 1.40 bits per heavy atom. The molecule has 0 saturated heterocycles. The lowest BCUT2D eigenvalue weighted by Crippen LogP contribution is -2.15. The van der Waals surface area contributed by atoms with Crippen molar-refractivity contribution in [3.63, 3.8) is 0 Å². The second-order valence-corrected chi connectivity index (χ2v) is 4.72. The molecule has 0 aliphatic carbocycles. The number of hydrogen-bond donors (Lipinski definition) is 1. The van der Waals surface area contributed by atoms with Gasteiger partial charge in [0.25, 0.3) is 5.92 Å². The predicted molar refractivity (Wildman–Crippen MR) is 77.8 cm³/mol. The molecule has 0 fully saturated rings. The van der Waals surface area contributed by atoms with E-state index in [1.54, 1.807) is 18.2 Å². The minimum Gasteiger partial charge on any atom is -0.399 e. The summed E-state index contributed by atoms with van der Waals surface area (Å²) in [6.45, 7) is 0. The number of benzene rings is 3. The second-order valence-electron chi connectivity index (χ2n) is 4.72. The third kappa shape index (κ3) is 2.01. The third-order valence-corrected chi connectivity index (χ3v) is 3.40. The fourth-order valence-corrected chi connectivity index (χ4v) is 2.35. The number of hydrogen-bond acceptors (Lipinski definition) is 1. The van der Waals surface area contributed by atoms with E-state index in [0.29, 0.717) is 11.1 Å². The molecule has 0 spiro atoms. The van der Waals surface area contributed by atoms with E-state index in [9.17, 15) is 8.78 Å². The van der Waals surface area contributed by atoms with Gasteiger partial charge in [-0.05, 0) is 22.9 Å². The van der Waals surface area contributed by atoms with Crippen LogP contribution in [0.4, 0.5) is 14.5 Å². The Morgan fingerprint density at radius 1 is 0.750 bits per heavy atom. The van der Waals surface area contributed by atoms with E-state index in [4.69, 9.17) is 5.73 Å². The summed E-state index contributed by atoms with van der Waals surface area (Å²) >= 11 is 0. The summed E-state index contributed by atoms with van der Waals surface area (Å²) in [5.41, 5.74) is 5.99. The van der Waals surface area contributed by atoms with Crippen LogP contribution in [0.2, 0.25) is 0 Å². The van der Waals surface area contributed by atoms with Gasteiger partial charge in [-0.2, -0.15) is 8.78 Å². The summed E-state index contributed by atoms with van der Waals surface area (Å²) in [5.74, 6) is -3.05. The molecule has 0 atom stereocenters. The lowest BCUT2D eigenvalue weighted by Gasteiger charge is -2.19. The Balaban J connectivity index is 2.20. The molecule has 3 rings (SSSR count). The summed E-state index contributed by atoms with van der Waals surface area (Å²) in [4.78, 5) is 0. The molecule has 0 radical (unpaired) electrons. The van der Waals surface area contributed by atoms with E-state index in [0.717, 1.165) is 5.39 Å². The maximum Gasteiger partial charge on any atom is 0.299 e. The number of rotatable bonds is 2. The van der Waals surface area contributed by atoms with Crippen LogP contribution in [0.3, 0.4) is 0 Å². The minimum absolute atomic E-state index is 0.0142. The zero-order valence-corrected chi connectivity index (χ0v) is 10.7. The highest BCUT2D eigenvalue weighted by Gasteiger charge is 2.35. The molecule has 2 N–H and O–H groups in total. The SMILES string of the molecule is Nc1ccc(C(F)(F)c2cccc3ccccc23)cc1. The molecule has 0 saturated carbocycles. The second kappa shape index (κ2) is 4.60. The maximum atomic E-state index is 14.7. The van der Waals surface area contributed by atoms with Crippen molar-refractivity contribution in [1.29, 1.82) is 0 Å². The van der Waals surface area contributed by atoms with Crippen LogP contribution in [0, 0.1) is 0 Å². The monoisotopic (exact) mass is 269 g/mol. The molecule has 1 nitrogen and oxygen atoms in total. The van der Waals surface area contributed by atoms with E-state index in [1.165, 1.54) is 30.3 Å². The van der Waals surface area contributed by atoms with E-state index < -0.39 is 5.92 Å². The largest absolute Gasteiger partial charge is 0.399 e. The van der Waals surface area contributed by atoms with Gasteiger partial charge in [-0.25, -0.2) is 0 Å². The Labute approximate surface area is 115 Å². The number of halogens is 2. The van der Waals surface area contributed by atoms with Crippen LogP contribution in [0.5, 0.6) is 0 Å². The lowest BCUT2D eigenvalue weighted by atomic mass is 9.95. The van der Waals surface area contributed by atoms with Gasteiger partial charge >= 0.3 is 0 Å². The number of fused-ring (bicyclic) bond motifs is 1. The van der Waals surface area contributed by atoms with Gasteiger partial charge in [0, 0.05) is 16.8 Å². The van der Waals surface area contributed by atoms with Gasteiger partial charge in [-0.1, -0.05) is 54.6 Å². The van der Waals surface area contributed by atoms with Crippen molar-refractivity contribution in [2.75, 3.05) is 5.73 Å². The predicted octanol–water partition coefficient (Wildman–Crippen LogP) is 4.56. The first-order valence-electron chi connectivity index (χ1n) is 6.31. The summed E-state index contributed by atoms with van der Waals surface area (Å²) < 4.78 is 29.4. The number of alkyl halides is 2. The van der Waals surface area contributed by atoms with E-state index >= 15 is 0 Å². The van der Waals surface area contributed by atoms with Gasteiger partial charge in [-0.15, -0.1) is 0 Å². The zero-order valence-electron chi connectivity index (χ0n) is 10.7. The van der Waals surface area contributed by atoms with Gasteiger partial charge in [0.05, 0.1) is 0 Å². The highest BCUT2D eigenvalue weighted by atomic mass is 19.3. The Hall–Kier alpha value is -2.42. The van der Waals surface area contributed by atoms with Crippen molar-refractivity contribution < 1.29 is 8.78 Å². The molecule has 0 bridgehead atoms. The van der Waals surface area contributed by atoms with Gasteiger partial charge in [-0.3, -0.25) is 0 Å². The molecule has 3 aromatic carbocycles. The molecule has 100 valence electrons.